The first-order valence-corrected chi connectivity index (χ1v) is 8.44. The van der Waals surface area contributed by atoms with Crippen LogP contribution in [0.15, 0.2) is 48.5 Å². The van der Waals surface area contributed by atoms with Crippen LogP contribution in [0.3, 0.4) is 0 Å². The maximum absolute atomic E-state index is 12.7. The van der Waals surface area contributed by atoms with Gasteiger partial charge in [-0.3, -0.25) is 9.59 Å². The van der Waals surface area contributed by atoms with Crippen molar-refractivity contribution in [2.24, 2.45) is 0 Å². The van der Waals surface area contributed by atoms with Gasteiger partial charge in [-0.25, -0.2) is 0 Å². The van der Waals surface area contributed by atoms with Crippen molar-refractivity contribution in [2.75, 3.05) is 11.9 Å². The van der Waals surface area contributed by atoms with Crippen molar-refractivity contribution in [3.8, 4) is 0 Å². The molecule has 0 atom stereocenters. The van der Waals surface area contributed by atoms with Crippen molar-refractivity contribution in [3.63, 3.8) is 0 Å². The van der Waals surface area contributed by atoms with E-state index in [1.165, 1.54) is 24.0 Å². The Morgan fingerprint density at radius 2 is 1.78 bits per heavy atom. The zero-order valence-electron chi connectivity index (χ0n) is 15.1. The second-order valence-corrected chi connectivity index (χ2v) is 6.24. The van der Waals surface area contributed by atoms with E-state index in [9.17, 15) is 22.8 Å². The van der Waals surface area contributed by atoms with Crippen LogP contribution in [0.1, 0.15) is 30.0 Å². The molecule has 0 saturated heterocycles. The van der Waals surface area contributed by atoms with Crippen LogP contribution in [0.25, 0.3) is 0 Å². The monoisotopic (exact) mass is 378 g/mol. The minimum Gasteiger partial charge on any atom is -0.338 e. The predicted octanol–water partition coefficient (Wildman–Crippen LogP) is 4.39. The molecule has 0 bridgehead atoms. The number of rotatable bonds is 6. The Balaban J connectivity index is 1.96. The highest BCUT2D eigenvalue weighted by molar-refractivity contribution is 5.91. The second-order valence-electron chi connectivity index (χ2n) is 6.24. The number of halogens is 3. The molecule has 0 spiro atoms. The number of nitrogens with zero attached hydrogens (tertiary/aromatic N) is 1. The van der Waals surface area contributed by atoms with Gasteiger partial charge in [0.15, 0.2) is 0 Å². The van der Waals surface area contributed by atoms with Gasteiger partial charge in [0.05, 0.1) is 5.56 Å². The van der Waals surface area contributed by atoms with E-state index < -0.39 is 17.6 Å². The molecule has 27 heavy (non-hydrogen) atoms. The van der Waals surface area contributed by atoms with E-state index in [2.05, 4.69) is 5.32 Å². The maximum Gasteiger partial charge on any atom is 0.416 e. The molecule has 4 nitrogen and oxygen atoms in total. The molecule has 0 heterocycles. The molecule has 1 N–H and O–H groups in total. The highest BCUT2D eigenvalue weighted by atomic mass is 19.4. The number of amides is 2. The standard InChI is InChI=1S/C20H21F3N2O2/c1-14-6-3-4-7-16(14)13-25(15(2)26)11-10-19(27)24-18-9-5-8-17(12-18)20(21,22)23/h3-9,12H,10-11,13H2,1-2H3,(H,24,27). The van der Waals surface area contributed by atoms with Gasteiger partial charge in [-0.05, 0) is 36.2 Å². The van der Waals surface area contributed by atoms with Crippen LogP contribution in [0.5, 0.6) is 0 Å². The molecular weight excluding hydrogens is 357 g/mol. The molecule has 2 rings (SSSR count). The first-order valence-electron chi connectivity index (χ1n) is 8.44. The van der Waals surface area contributed by atoms with Crippen LogP contribution in [0.2, 0.25) is 0 Å². The van der Waals surface area contributed by atoms with Gasteiger partial charge in [-0.15, -0.1) is 0 Å². The number of carbonyl (C=O) groups is 2. The summed E-state index contributed by atoms with van der Waals surface area (Å²) in [5.41, 5.74) is 1.26. The van der Waals surface area contributed by atoms with E-state index in [4.69, 9.17) is 0 Å². The molecule has 2 aromatic carbocycles. The minimum atomic E-state index is -4.47. The number of hydrogen-bond acceptors (Lipinski definition) is 2. The fourth-order valence-electron chi connectivity index (χ4n) is 2.57. The molecule has 0 aliphatic rings. The molecule has 0 aromatic heterocycles. The molecule has 0 aliphatic heterocycles. The Morgan fingerprint density at radius 3 is 2.41 bits per heavy atom. The topological polar surface area (TPSA) is 49.4 Å². The number of alkyl halides is 3. The molecule has 0 aliphatic carbocycles. The molecular formula is C20H21F3N2O2. The molecule has 2 aromatic rings. The second kappa shape index (κ2) is 8.70. The summed E-state index contributed by atoms with van der Waals surface area (Å²) in [6.45, 7) is 3.91. The number of benzene rings is 2. The highest BCUT2D eigenvalue weighted by Gasteiger charge is 2.30. The van der Waals surface area contributed by atoms with E-state index in [0.717, 1.165) is 23.3 Å². The van der Waals surface area contributed by atoms with Crippen molar-refractivity contribution in [2.45, 2.75) is 33.0 Å². The first kappa shape index (κ1) is 20.5. The van der Waals surface area contributed by atoms with Crippen LogP contribution in [0, 0.1) is 6.92 Å². The molecule has 2 amide bonds. The van der Waals surface area contributed by atoms with E-state index >= 15 is 0 Å². The Kier molecular flexibility index (Phi) is 6.60. The normalized spacial score (nSPS) is 11.1. The third-order valence-electron chi connectivity index (χ3n) is 4.15. The fraction of sp³-hybridized carbons (Fsp3) is 0.300. The first-order chi connectivity index (χ1) is 12.7. The SMILES string of the molecule is CC(=O)N(CCC(=O)Nc1cccc(C(F)(F)F)c1)Cc1ccccc1C. The average Bonchev–Trinajstić information content (AvgIpc) is 2.59. The van der Waals surface area contributed by atoms with Gasteiger partial charge in [-0.1, -0.05) is 30.3 Å². The fourth-order valence-corrected chi connectivity index (χ4v) is 2.57. The minimum absolute atomic E-state index is 0.0122. The van der Waals surface area contributed by atoms with Crippen molar-refractivity contribution in [1.82, 2.24) is 4.90 Å². The van der Waals surface area contributed by atoms with Crippen LogP contribution >= 0.6 is 0 Å². The summed E-state index contributed by atoms with van der Waals surface area (Å²) < 4.78 is 38.2. The van der Waals surface area contributed by atoms with Gasteiger partial charge in [0.25, 0.3) is 0 Å². The Morgan fingerprint density at radius 1 is 1.07 bits per heavy atom. The quantitative estimate of drug-likeness (QED) is 0.810. The van der Waals surface area contributed by atoms with E-state index in [-0.39, 0.29) is 24.6 Å². The maximum atomic E-state index is 12.7. The van der Waals surface area contributed by atoms with Crippen LogP contribution in [-0.4, -0.2) is 23.3 Å². The summed E-state index contributed by atoms with van der Waals surface area (Å²) in [6.07, 6.45) is -4.48. The van der Waals surface area contributed by atoms with Gasteiger partial charge in [0.1, 0.15) is 0 Å². The average molecular weight is 378 g/mol. The van der Waals surface area contributed by atoms with E-state index in [0.29, 0.717) is 6.54 Å². The summed E-state index contributed by atoms with van der Waals surface area (Å²) in [7, 11) is 0. The molecule has 144 valence electrons. The lowest BCUT2D eigenvalue weighted by atomic mass is 10.1. The van der Waals surface area contributed by atoms with Crippen molar-refractivity contribution >= 4 is 17.5 Å². The highest BCUT2D eigenvalue weighted by Crippen LogP contribution is 2.30. The third kappa shape index (κ3) is 6.13. The van der Waals surface area contributed by atoms with Gasteiger partial charge < -0.3 is 10.2 Å². The van der Waals surface area contributed by atoms with Crippen LogP contribution in [-0.2, 0) is 22.3 Å². The van der Waals surface area contributed by atoms with Gasteiger partial charge in [0.2, 0.25) is 11.8 Å². The van der Waals surface area contributed by atoms with Crippen LogP contribution in [0.4, 0.5) is 18.9 Å². The largest absolute Gasteiger partial charge is 0.416 e. The zero-order valence-corrected chi connectivity index (χ0v) is 15.1. The summed E-state index contributed by atoms with van der Waals surface area (Å²) in [5, 5.41) is 2.45. The molecule has 7 heteroatoms. The lowest BCUT2D eigenvalue weighted by Crippen LogP contribution is -2.31. The number of nitrogens with one attached hydrogen (secondary N) is 1. The van der Waals surface area contributed by atoms with Gasteiger partial charge in [-0.2, -0.15) is 13.2 Å². The lowest BCUT2D eigenvalue weighted by Gasteiger charge is -2.22. The number of anilines is 1. The number of aryl methyl sites for hydroxylation is 1. The summed E-state index contributed by atoms with van der Waals surface area (Å²) in [5.74, 6) is -0.629. The number of hydrogen-bond donors (Lipinski definition) is 1. The van der Waals surface area contributed by atoms with Crippen molar-refractivity contribution < 1.29 is 22.8 Å². The van der Waals surface area contributed by atoms with Crippen molar-refractivity contribution in [1.29, 1.82) is 0 Å². The Labute approximate surface area is 156 Å². The summed E-state index contributed by atoms with van der Waals surface area (Å²) >= 11 is 0. The van der Waals surface area contributed by atoms with Crippen molar-refractivity contribution in [3.05, 3.63) is 65.2 Å². The van der Waals surface area contributed by atoms with Gasteiger partial charge in [0, 0.05) is 32.1 Å². The Hall–Kier alpha value is -2.83. The van der Waals surface area contributed by atoms with Crippen LogP contribution < -0.4 is 5.32 Å². The summed E-state index contributed by atoms with van der Waals surface area (Å²) in [4.78, 5) is 25.5. The lowest BCUT2D eigenvalue weighted by molar-refractivity contribution is -0.137. The molecule has 0 radical (unpaired) electrons. The molecule has 0 fully saturated rings. The third-order valence-corrected chi connectivity index (χ3v) is 4.15. The summed E-state index contributed by atoms with van der Waals surface area (Å²) in [6, 6.07) is 12.1. The molecule has 0 unspecified atom stereocenters. The van der Waals surface area contributed by atoms with Gasteiger partial charge >= 0.3 is 6.18 Å². The number of carbonyl (C=O) groups excluding carboxylic acids is 2. The smallest absolute Gasteiger partial charge is 0.338 e. The van der Waals surface area contributed by atoms with E-state index in [1.54, 1.807) is 0 Å². The zero-order chi connectivity index (χ0) is 20.0. The molecule has 0 saturated carbocycles. The predicted molar refractivity (Wildman–Crippen MR) is 97.0 cm³/mol. The van der Waals surface area contributed by atoms with E-state index in [1.807, 2.05) is 31.2 Å². The Bertz CT molecular complexity index is 819.